The summed E-state index contributed by atoms with van der Waals surface area (Å²) >= 11 is 0. The molecule has 236 valence electrons. The Bertz CT molecular complexity index is 893. The topological polar surface area (TPSA) is 85.2 Å². The maximum absolute atomic E-state index is 11.0. The van der Waals surface area contributed by atoms with Crippen molar-refractivity contribution < 1.29 is 29.2 Å². The number of unbranched alkanes of at least 4 members (excludes halogenated alkanes) is 3. The highest BCUT2D eigenvalue weighted by atomic mass is 16.5. The van der Waals surface area contributed by atoms with Gasteiger partial charge in [0, 0.05) is 36.4 Å². The summed E-state index contributed by atoms with van der Waals surface area (Å²) in [5.74, 6) is 17.0. The van der Waals surface area contributed by atoms with Crippen molar-refractivity contribution >= 4 is 5.97 Å². The van der Waals surface area contributed by atoms with E-state index in [1.54, 1.807) is 0 Å². The van der Waals surface area contributed by atoms with Gasteiger partial charge in [-0.15, -0.1) is 0 Å². The van der Waals surface area contributed by atoms with Gasteiger partial charge in [-0.3, -0.25) is 0 Å². The number of carbonyl (C=O) groups excluding carboxylic acids is 1. The Morgan fingerprint density at radius 1 is 0.810 bits per heavy atom. The van der Waals surface area contributed by atoms with E-state index in [2.05, 4.69) is 37.2 Å². The van der Waals surface area contributed by atoms with Crippen LogP contribution >= 0.6 is 0 Å². The van der Waals surface area contributed by atoms with Crippen LogP contribution in [0.1, 0.15) is 110 Å². The molecule has 3 aliphatic carbocycles. The van der Waals surface area contributed by atoms with E-state index in [1.165, 1.54) is 31.8 Å². The first kappa shape index (κ1) is 34.7. The van der Waals surface area contributed by atoms with Gasteiger partial charge in [-0.1, -0.05) is 50.0 Å². The number of carbonyl (C=O) groups is 1. The first-order chi connectivity index (χ1) is 20.5. The normalized spacial score (nSPS) is 30.2. The number of aliphatic hydroxyl groups is 2. The standard InChI is InChI=1S/C36H56O6/c1-3-31-25-30(12-18-32(31)17-11-29-15-21-35(22-16-29)42-27-33(38)26-37)10-9-28-13-19-34(20-14-28)40-23-7-5-6-8-24-41-36(39)4-2/h4,28-35,37-38H,2-3,5-8,12-16,18-27H2,1H3. The van der Waals surface area contributed by atoms with Crippen LogP contribution in [0.2, 0.25) is 0 Å². The molecule has 0 aromatic heterocycles. The van der Waals surface area contributed by atoms with Crippen LogP contribution < -0.4 is 0 Å². The largest absolute Gasteiger partial charge is 0.463 e. The minimum Gasteiger partial charge on any atom is -0.463 e. The van der Waals surface area contributed by atoms with Crippen molar-refractivity contribution in [2.75, 3.05) is 26.4 Å². The highest BCUT2D eigenvalue weighted by Crippen LogP contribution is 2.36. The molecule has 0 bridgehead atoms. The van der Waals surface area contributed by atoms with Gasteiger partial charge >= 0.3 is 5.97 Å². The van der Waals surface area contributed by atoms with Gasteiger partial charge in [-0.2, -0.15) is 0 Å². The van der Waals surface area contributed by atoms with Gasteiger partial charge in [-0.25, -0.2) is 4.79 Å². The zero-order chi connectivity index (χ0) is 30.0. The fraction of sp³-hybridized carbons (Fsp3) is 0.806. The lowest BCUT2D eigenvalue weighted by molar-refractivity contribution is -0.137. The molecule has 0 radical (unpaired) electrons. The SMILES string of the molecule is C=CC(=O)OCCCCCCOC1CCC(C#CC2CCC(C#CC3CCC(OCC(O)CO)CC3)C(CC)C2)CC1. The van der Waals surface area contributed by atoms with Crippen molar-refractivity contribution in [1.82, 2.24) is 0 Å². The van der Waals surface area contributed by atoms with E-state index >= 15 is 0 Å². The quantitative estimate of drug-likeness (QED) is 0.109. The molecule has 3 saturated carbocycles. The van der Waals surface area contributed by atoms with Crippen LogP contribution in [0.25, 0.3) is 0 Å². The summed E-state index contributed by atoms with van der Waals surface area (Å²) in [7, 11) is 0. The molecule has 0 saturated heterocycles. The molecule has 6 heteroatoms. The summed E-state index contributed by atoms with van der Waals surface area (Å²) in [5, 5.41) is 18.5. The molecular formula is C36H56O6. The third kappa shape index (κ3) is 13.2. The molecule has 0 heterocycles. The molecule has 4 atom stereocenters. The van der Waals surface area contributed by atoms with Gasteiger partial charge in [0.25, 0.3) is 0 Å². The second-order valence-electron chi connectivity index (χ2n) is 12.6. The van der Waals surface area contributed by atoms with Crippen LogP contribution in [0.3, 0.4) is 0 Å². The minimum atomic E-state index is -0.773. The van der Waals surface area contributed by atoms with Crippen molar-refractivity contribution in [3.8, 4) is 23.7 Å². The molecule has 3 fully saturated rings. The second kappa shape index (κ2) is 20.2. The number of ether oxygens (including phenoxy) is 3. The van der Waals surface area contributed by atoms with Crippen molar-refractivity contribution in [1.29, 1.82) is 0 Å². The Morgan fingerprint density at radius 2 is 1.38 bits per heavy atom. The molecule has 3 aliphatic rings. The predicted octanol–water partition coefficient (Wildman–Crippen LogP) is 6.23. The Morgan fingerprint density at radius 3 is 2.00 bits per heavy atom. The predicted molar refractivity (Wildman–Crippen MR) is 166 cm³/mol. The highest BCUT2D eigenvalue weighted by molar-refractivity contribution is 5.81. The number of hydrogen-bond acceptors (Lipinski definition) is 6. The van der Waals surface area contributed by atoms with Crippen LogP contribution in [0, 0.1) is 53.3 Å². The zero-order valence-corrected chi connectivity index (χ0v) is 26.1. The van der Waals surface area contributed by atoms with E-state index in [9.17, 15) is 9.90 Å². The Balaban J connectivity index is 1.27. The molecule has 0 aromatic rings. The molecule has 6 nitrogen and oxygen atoms in total. The van der Waals surface area contributed by atoms with Crippen LogP contribution in [0.4, 0.5) is 0 Å². The lowest BCUT2D eigenvalue weighted by atomic mass is 9.73. The lowest BCUT2D eigenvalue weighted by Crippen LogP contribution is -2.27. The minimum absolute atomic E-state index is 0.188. The van der Waals surface area contributed by atoms with Crippen LogP contribution in [-0.2, 0) is 19.0 Å². The summed E-state index contributed by atoms with van der Waals surface area (Å²) in [6.45, 7) is 6.99. The third-order valence-corrected chi connectivity index (χ3v) is 9.36. The average Bonchev–Trinajstić information content (AvgIpc) is 3.03. The smallest absolute Gasteiger partial charge is 0.330 e. The number of esters is 1. The Kier molecular flexibility index (Phi) is 16.7. The van der Waals surface area contributed by atoms with Gasteiger partial charge in [0.05, 0.1) is 32.0 Å². The van der Waals surface area contributed by atoms with Crippen LogP contribution in [-0.4, -0.2) is 60.9 Å². The molecule has 3 rings (SSSR count). The summed E-state index contributed by atoms with van der Waals surface area (Å²) in [6.07, 6.45) is 18.5. The first-order valence-corrected chi connectivity index (χ1v) is 16.8. The fourth-order valence-corrected chi connectivity index (χ4v) is 6.58. The van der Waals surface area contributed by atoms with E-state index in [-0.39, 0.29) is 25.3 Å². The van der Waals surface area contributed by atoms with Gasteiger partial charge in [0.1, 0.15) is 6.10 Å². The summed E-state index contributed by atoms with van der Waals surface area (Å²) in [5.41, 5.74) is 0. The van der Waals surface area contributed by atoms with Gasteiger partial charge in [0.2, 0.25) is 0 Å². The van der Waals surface area contributed by atoms with E-state index in [0.717, 1.165) is 83.7 Å². The first-order valence-electron chi connectivity index (χ1n) is 16.8. The van der Waals surface area contributed by atoms with Crippen molar-refractivity contribution in [3.63, 3.8) is 0 Å². The average molecular weight is 585 g/mol. The summed E-state index contributed by atoms with van der Waals surface area (Å²) in [4.78, 5) is 11.0. The van der Waals surface area contributed by atoms with Crippen LogP contribution in [0.15, 0.2) is 12.7 Å². The molecule has 0 aromatic carbocycles. The molecule has 0 spiro atoms. The number of rotatable bonds is 14. The maximum atomic E-state index is 11.0. The fourth-order valence-electron chi connectivity index (χ4n) is 6.58. The molecular weight excluding hydrogens is 528 g/mol. The van der Waals surface area contributed by atoms with E-state index in [1.807, 2.05) is 0 Å². The number of hydrogen-bond donors (Lipinski definition) is 2. The van der Waals surface area contributed by atoms with Crippen molar-refractivity contribution in [3.05, 3.63) is 12.7 Å². The van der Waals surface area contributed by atoms with E-state index < -0.39 is 6.10 Å². The second-order valence-corrected chi connectivity index (χ2v) is 12.6. The maximum Gasteiger partial charge on any atom is 0.330 e. The third-order valence-electron chi connectivity index (χ3n) is 9.36. The molecule has 4 unspecified atom stereocenters. The Labute approximate surface area is 255 Å². The van der Waals surface area contributed by atoms with Crippen LogP contribution in [0.5, 0.6) is 0 Å². The van der Waals surface area contributed by atoms with Crippen molar-refractivity contribution in [2.45, 2.75) is 128 Å². The van der Waals surface area contributed by atoms with Crippen molar-refractivity contribution in [2.24, 2.45) is 29.6 Å². The summed E-state index contributed by atoms with van der Waals surface area (Å²) < 4.78 is 16.9. The summed E-state index contributed by atoms with van der Waals surface area (Å²) in [6, 6.07) is 0. The van der Waals surface area contributed by atoms with Gasteiger partial charge in [-0.05, 0) is 95.8 Å². The van der Waals surface area contributed by atoms with E-state index in [4.69, 9.17) is 19.3 Å². The molecule has 0 aliphatic heterocycles. The lowest BCUT2D eigenvalue weighted by Gasteiger charge is -2.31. The molecule has 42 heavy (non-hydrogen) atoms. The monoisotopic (exact) mass is 584 g/mol. The number of aliphatic hydroxyl groups excluding tert-OH is 2. The molecule has 0 amide bonds. The van der Waals surface area contributed by atoms with Gasteiger partial charge in [0.15, 0.2) is 0 Å². The Hall–Kier alpha value is -1.83. The van der Waals surface area contributed by atoms with Gasteiger partial charge < -0.3 is 24.4 Å². The van der Waals surface area contributed by atoms with E-state index in [0.29, 0.717) is 42.3 Å². The molecule has 2 N–H and O–H groups in total. The zero-order valence-electron chi connectivity index (χ0n) is 26.1. The highest BCUT2D eigenvalue weighted by Gasteiger charge is 2.28.